The van der Waals surface area contributed by atoms with E-state index in [0.29, 0.717) is 5.56 Å². The predicted molar refractivity (Wildman–Crippen MR) is 59.6 cm³/mol. The van der Waals surface area contributed by atoms with Gasteiger partial charge in [-0.1, -0.05) is 18.2 Å². The van der Waals surface area contributed by atoms with E-state index in [1.807, 2.05) is 22.6 Å². The highest BCUT2D eigenvalue weighted by atomic mass is 127. The highest BCUT2D eigenvalue weighted by molar-refractivity contribution is 14.1. The summed E-state index contributed by atoms with van der Waals surface area (Å²) in [5, 5.41) is 0. The third kappa shape index (κ3) is 3.98. The summed E-state index contributed by atoms with van der Waals surface area (Å²) < 4.78 is 42.3. The van der Waals surface area contributed by atoms with Gasteiger partial charge < -0.3 is 4.74 Å². The SMILES string of the molecule is COC(CC(F)(F)F)c1ccccc1I. The molecule has 0 spiro atoms. The van der Waals surface area contributed by atoms with Crippen LogP contribution in [0.3, 0.4) is 0 Å². The van der Waals surface area contributed by atoms with Crippen LogP contribution in [0.1, 0.15) is 18.1 Å². The van der Waals surface area contributed by atoms with Gasteiger partial charge in [-0.3, -0.25) is 0 Å². The van der Waals surface area contributed by atoms with E-state index >= 15 is 0 Å². The van der Waals surface area contributed by atoms with E-state index in [1.54, 1.807) is 24.3 Å². The number of hydrogen-bond donors (Lipinski definition) is 0. The van der Waals surface area contributed by atoms with Gasteiger partial charge in [0.05, 0.1) is 12.5 Å². The van der Waals surface area contributed by atoms with Crippen molar-refractivity contribution in [2.75, 3.05) is 7.11 Å². The van der Waals surface area contributed by atoms with Gasteiger partial charge in [0.25, 0.3) is 0 Å². The Morgan fingerprint density at radius 1 is 1.33 bits per heavy atom. The van der Waals surface area contributed by atoms with E-state index in [9.17, 15) is 13.2 Å². The van der Waals surface area contributed by atoms with Crippen LogP contribution < -0.4 is 0 Å². The fourth-order valence-electron chi connectivity index (χ4n) is 1.27. The van der Waals surface area contributed by atoms with E-state index in [1.165, 1.54) is 7.11 Å². The molecule has 0 bridgehead atoms. The molecule has 84 valence electrons. The summed E-state index contributed by atoms with van der Waals surface area (Å²) in [7, 11) is 1.29. The lowest BCUT2D eigenvalue weighted by Crippen LogP contribution is -2.16. The summed E-state index contributed by atoms with van der Waals surface area (Å²) in [6.45, 7) is 0. The molecule has 0 amide bonds. The Hall–Kier alpha value is -0.300. The van der Waals surface area contributed by atoms with Crippen molar-refractivity contribution >= 4 is 22.6 Å². The van der Waals surface area contributed by atoms with Crippen molar-refractivity contribution in [1.82, 2.24) is 0 Å². The molecule has 1 aromatic rings. The minimum Gasteiger partial charge on any atom is -0.376 e. The van der Waals surface area contributed by atoms with E-state index in [0.717, 1.165) is 3.57 Å². The van der Waals surface area contributed by atoms with E-state index in [-0.39, 0.29) is 0 Å². The molecule has 0 aliphatic rings. The maximum atomic E-state index is 12.2. The monoisotopic (exact) mass is 330 g/mol. The Bertz CT molecular complexity index is 325. The molecular weight excluding hydrogens is 320 g/mol. The van der Waals surface area contributed by atoms with Crippen LogP contribution >= 0.6 is 22.6 Å². The fraction of sp³-hybridized carbons (Fsp3) is 0.400. The van der Waals surface area contributed by atoms with Crippen molar-refractivity contribution in [2.45, 2.75) is 18.7 Å². The first-order valence-electron chi connectivity index (χ1n) is 4.28. The Kier molecular flexibility index (Phi) is 4.39. The predicted octanol–water partition coefficient (Wildman–Crippen LogP) is 3.93. The second-order valence-corrected chi connectivity index (χ2v) is 4.23. The average molecular weight is 330 g/mol. The minimum atomic E-state index is -4.21. The molecular formula is C10H10F3IO. The highest BCUT2D eigenvalue weighted by Gasteiger charge is 2.33. The smallest absolute Gasteiger partial charge is 0.376 e. The van der Waals surface area contributed by atoms with Crippen molar-refractivity contribution in [2.24, 2.45) is 0 Å². The van der Waals surface area contributed by atoms with Crippen molar-refractivity contribution in [3.63, 3.8) is 0 Å². The second kappa shape index (κ2) is 5.16. The van der Waals surface area contributed by atoms with Crippen LogP contribution in [-0.2, 0) is 4.74 Å². The quantitative estimate of drug-likeness (QED) is 0.763. The molecule has 0 aromatic heterocycles. The standard InChI is InChI=1S/C10H10F3IO/c1-15-9(6-10(11,12)13)7-4-2-3-5-8(7)14/h2-5,9H,6H2,1H3. The highest BCUT2D eigenvalue weighted by Crippen LogP contribution is 2.33. The molecule has 0 aliphatic heterocycles. The van der Waals surface area contributed by atoms with Crippen LogP contribution in [0.4, 0.5) is 13.2 Å². The molecule has 0 fully saturated rings. The average Bonchev–Trinajstić information content (AvgIpc) is 2.14. The van der Waals surface area contributed by atoms with Gasteiger partial charge in [0.2, 0.25) is 0 Å². The van der Waals surface area contributed by atoms with Crippen molar-refractivity contribution < 1.29 is 17.9 Å². The summed E-state index contributed by atoms with van der Waals surface area (Å²) in [5.74, 6) is 0. The normalized spacial score (nSPS) is 13.9. The Morgan fingerprint density at radius 3 is 2.40 bits per heavy atom. The molecule has 0 N–H and O–H groups in total. The van der Waals surface area contributed by atoms with Crippen molar-refractivity contribution in [3.05, 3.63) is 33.4 Å². The fourth-order valence-corrected chi connectivity index (χ4v) is 2.00. The number of hydrogen-bond acceptors (Lipinski definition) is 1. The van der Waals surface area contributed by atoms with Gasteiger partial charge in [-0.2, -0.15) is 13.2 Å². The minimum absolute atomic E-state index is 0.581. The first-order valence-corrected chi connectivity index (χ1v) is 5.36. The first-order chi connectivity index (χ1) is 6.94. The van der Waals surface area contributed by atoms with Crippen LogP contribution in [0.5, 0.6) is 0 Å². The number of halogens is 4. The maximum Gasteiger partial charge on any atom is 0.391 e. The lowest BCUT2D eigenvalue weighted by Gasteiger charge is -2.18. The number of rotatable bonds is 3. The zero-order valence-corrected chi connectivity index (χ0v) is 10.2. The van der Waals surface area contributed by atoms with Gasteiger partial charge in [-0.15, -0.1) is 0 Å². The molecule has 0 radical (unpaired) electrons. The van der Waals surface area contributed by atoms with Crippen LogP contribution in [0.2, 0.25) is 0 Å². The Labute approximate surface area is 99.8 Å². The zero-order chi connectivity index (χ0) is 11.5. The molecule has 5 heteroatoms. The van der Waals surface area contributed by atoms with E-state index < -0.39 is 18.7 Å². The Morgan fingerprint density at radius 2 is 1.93 bits per heavy atom. The first kappa shape index (κ1) is 12.8. The van der Waals surface area contributed by atoms with E-state index in [4.69, 9.17) is 4.74 Å². The van der Waals surface area contributed by atoms with E-state index in [2.05, 4.69) is 0 Å². The summed E-state index contributed by atoms with van der Waals surface area (Å²) in [4.78, 5) is 0. The number of benzene rings is 1. The molecule has 0 saturated carbocycles. The van der Waals surface area contributed by atoms with Crippen molar-refractivity contribution in [3.8, 4) is 0 Å². The summed E-state index contributed by atoms with van der Waals surface area (Å²) in [6.07, 6.45) is -6.08. The van der Waals surface area contributed by atoms with Gasteiger partial charge >= 0.3 is 6.18 Å². The number of methoxy groups -OCH3 is 1. The van der Waals surface area contributed by atoms with Crippen LogP contribution in [0.25, 0.3) is 0 Å². The van der Waals surface area contributed by atoms with Gasteiger partial charge in [0, 0.05) is 10.7 Å². The van der Waals surface area contributed by atoms with Crippen molar-refractivity contribution in [1.29, 1.82) is 0 Å². The summed E-state index contributed by atoms with van der Waals surface area (Å²) in [5.41, 5.74) is 0.581. The zero-order valence-electron chi connectivity index (χ0n) is 8.01. The van der Waals surface area contributed by atoms with Gasteiger partial charge in [0.15, 0.2) is 0 Å². The molecule has 1 nitrogen and oxygen atoms in total. The summed E-state index contributed by atoms with van der Waals surface area (Å²) >= 11 is 2.00. The number of ether oxygens (including phenoxy) is 1. The lowest BCUT2D eigenvalue weighted by molar-refractivity contribution is -0.158. The Balaban J connectivity index is 2.88. The third-order valence-corrected chi connectivity index (χ3v) is 2.94. The van der Waals surface area contributed by atoms with Crippen LogP contribution in [0.15, 0.2) is 24.3 Å². The largest absolute Gasteiger partial charge is 0.391 e. The molecule has 1 rings (SSSR count). The topological polar surface area (TPSA) is 9.23 Å². The molecule has 0 heterocycles. The van der Waals surface area contributed by atoms with Gasteiger partial charge in [-0.25, -0.2) is 0 Å². The van der Waals surface area contributed by atoms with Crippen LogP contribution in [0, 0.1) is 3.57 Å². The molecule has 0 aliphatic carbocycles. The molecule has 1 unspecified atom stereocenters. The molecule has 0 saturated heterocycles. The van der Waals surface area contributed by atoms with Gasteiger partial charge in [-0.05, 0) is 34.2 Å². The number of alkyl halides is 3. The lowest BCUT2D eigenvalue weighted by atomic mass is 10.1. The van der Waals surface area contributed by atoms with Gasteiger partial charge in [0.1, 0.15) is 0 Å². The maximum absolute atomic E-state index is 12.2. The molecule has 15 heavy (non-hydrogen) atoms. The second-order valence-electron chi connectivity index (χ2n) is 3.07. The third-order valence-electron chi connectivity index (χ3n) is 1.95. The molecule has 1 atom stereocenters. The summed E-state index contributed by atoms with van der Waals surface area (Å²) in [6, 6.07) is 6.91. The van der Waals surface area contributed by atoms with Crippen LogP contribution in [-0.4, -0.2) is 13.3 Å². The molecule has 1 aromatic carbocycles.